The molecule has 0 saturated heterocycles. The number of aryl methyl sites for hydroxylation is 2. The van der Waals surface area contributed by atoms with Gasteiger partial charge >= 0.3 is 0 Å². The van der Waals surface area contributed by atoms with Crippen molar-refractivity contribution in [3.8, 4) is 5.75 Å². The zero-order valence-electron chi connectivity index (χ0n) is 21.6. The molecule has 1 aliphatic carbocycles. The summed E-state index contributed by atoms with van der Waals surface area (Å²) >= 11 is 0. The quantitative estimate of drug-likeness (QED) is 0.474. The highest BCUT2D eigenvalue weighted by Gasteiger charge is 2.25. The first-order valence-electron chi connectivity index (χ1n) is 11.8. The zero-order valence-corrected chi connectivity index (χ0v) is 22.4. The molecule has 0 saturated carbocycles. The van der Waals surface area contributed by atoms with Crippen LogP contribution in [-0.4, -0.2) is 77.6 Å². The van der Waals surface area contributed by atoms with E-state index in [2.05, 4.69) is 42.5 Å². The van der Waals surface area contributed by atoms with Gasteiger partial charge in [-0.2, -0.15) is 4.31 Å². The monoisotopic (exact) mass is 503 g/mol. The van der Waals surface area contributed by atoms with E-state index in [0.29, 0.717) is 29.5 Å². The highest BCUT2D eigenvalue weighted by atomic mass is 32.2. The number of benzene rings is 2. The van der Waals surface area contributed by atoms with Crippen molar-refractivity contribution in [2.24, 2.45) is 0 Å². The Balaban J connectivity index is 1.44. The molecule has 9 heteroatoms. The normalized spacial score (nSPS) is 15.5. The molecule has 2 aromatic rings. The Morgan fingerprint density at radius 1 is 1.06 bits per heavy atom. The number of rotatable bonds is 11. The van der Waals surface area contributed by atoms with Crippen molar-refractivity contribution in [2.75, 3.05) is 48.0 Å². The van der Waals surface area contributed by atoms with E-state index >= 15 is 0 Å². The number of carbonyl (C=O) groups excluding carboxylic acids is 1. The summed E-state index contributed by atoms with van der Waals surface area (Å²) in [6, 6.07) is 10.3. The lowest BCUT2D eigenvalue weighted by atomic mass is 10.1. The lowest BCUT2D eigenvalue weighted by Crippen LogP contribution is -2.33. The highest BCUT2D eigenvalue weighted by molar-refractivity contribution is 7.89. The molecular weight excluding hydrogens is 466 g/mol. The van der Waals surface area contributed by atoms with Crippen LogP contribution in [-0.2, 0) is 38.9 Å². The number of ether oxygens (including phenoxy) is 2. The molecular formula is C26H37N3O5S. The third-order valence-electron chi connectivity index (χ3n) is 6.52. The van der Waals surface area contributed by atoms with Crippen molar-refractivity contribution in [3.63, 3.8) is 0 Å². The summed E-state index contributed by atoms with van der Waals surface area (Å²) in [7, 11) is 3.57. The van der Waals surface area contributed by atoms with Crippen LogP contribution in [0.1, 0.15) is 27.8 Å². The van der Waals surface area contributed by atoms with Crippen molar-refractivity contribution in [3.05, 3.63) is 58.1 Å². The maximum absolute atomic E-state index is 13.0. The lowest BCUT2D eigenvalue weighted by molar-refractivity contribution is -0.125. The van der Waals surface area contributed by atoms with Crippen LogP contribution >= 0.6 is 0 Å². The molecule has 0 aliphatic heterocycles. The van der Waals surface area contributed by atoms with Gasteiger partial charge in [-0.3, -0.25) is 4.79 Å². The van der Waals surface area contributed by atoms with Crippen LogP contribution in [0.25, 0.3) is 0 Å². The Labute approximate surface area is 209 Å². The maximum Gasteiger partial charge on any atom is 0.246 e. The lowest BCUT2D eigenvalue weighted by Gasteiger charge is -2.20. The fourth-order valence-corrected chi connectivity index (χ4v) is 6.00. The molecule has 1 amide bonds. The largest absolute Gasteiger partial charge is 0.497 e. The number of methoxy groups -OCH3 is 1. The van der Waals surface area contributed by atoms with E-state index in [1.165, 1.54) is 22.5 Å². The van der Waals surface area contributed by atoms with E-state index in [9.17, 15) is 13.2 Å². The number of nitrogens with one attached hydrogen (secondary N) is 1. The first-order chi connectivity index (χ1) is 16.5. The molecule has 1 unspecified atom stereocenters. The Hall–Kier alpha value is -2.46. The molecule has 1 atom stereocenters. The minimum Gasteiger partial charge on any atom is -0.497 e. The molecule has 0 radical (unpaired) electrons. The molecule has 0 heterocycles. The number of hydrogen-bond donors (Lipinski definition) is 1. The van der Waals surface area contributed by atoms with Gasteiger partial charge in [0.2, 0.25) is 15.9 Å². The molecule has 0 spiro atoms. The van der Waals surface area contributed by atoms with Gasteiger partial charge in [0, 0.05) is 26.2 Å². The fraction of sp³-hybridized carbons (Fsp3) is 0.500. The van der Waals surface area contributed by atoms with Crippen molar-refractivity contribution in [2.45, 2.75) is 44.2 Å². The molecule has 0 fully saturated rings. The molecule has 0 aromatic heterocycles. The van der Waals surface area contributed by atoms with Crippen LogP contribution in [0.2, 0.25) is 0 Å². The Morgan fingerprint density at radius 3 is 2.34 bits per heavy atom. The zero-order chi connectivity index (χ0) is 25.8. The number of likely N-dealkylation sites (N-methyl/N-ethyl adjacent to an activating group) is 2. The molecule has 2 aromatic carbocycles. The van der Waals surface area contributed by atoms with Gasteiger partial charge in [-0.25, -0.2) is 8.42 Å². The molecule has 0 bridgehead atoms. The van der Waals surface area contributed by atoms with E-state index in [1.807, 2.05) is 0 Å². The number of hydrogen-bond acceptors (Lipinski definition) is 6. The minimum atomic E-state index is -3.69. The third kappa shape index (κ3) is 6.61. The van der Waals surface area contributed by atoms with Gasteiger partial charge in [-0.15, -0.1) is 0 Å². The van der Waals surface area contributed by atoms with Crippen molar-refractivity contribution in [1.82, 2.24) is 14.5 Å². The number of fused-ring (bicyclic) bond motifs is 1. The summed E-state index contributed by atoms with van der Waals surface area (Å²) in [5.74, 6) is 0.387. The predicted molar refractivity (Wildman–Crippen MR) is 136 cm³/mol. The summed E-state index contributed by atoms with van der Waals surface area (Å²) in [5.41, 5.74) is 5.03. The Morgan fingerprint density at radius 2 is 1.71 bits per heavy atom. The average Bonchev–Trinajstić information content (AvgIpc) is 3.23. The Kier molecular flexibility index (Phi) is 8.93. The second-order valence-electron chi connectivity index (χ2n) is 9.37. The molecule has 8 nitrogen and oxygen atoms in total. The first-order valence-corrected chi connectivity index (χ1v) is 13.2. The summed E-state index contributed by atoms with van der Waals surface area (Å²) in [6.45, 7) is 4.06. The number of sulfonamides is 1. The second kappa shape index (κ2) is 11.5. The number of nitrogens with zero attached hydrogens (tertiary/aromatic N) is 2. The van der Waals surface area contributed by atoms with Crippen molar-refractivity contribution >= 4 is 15.9 Å². The van der Waals surface area contributed by atoms with Gasteiger partial charge in [0.25, 0.3) is 0 Å². The van der Waals surface area contributed by atoms with E-state index in [1.54, 1.807) is 33.1 Å². The summed E-state index contributed by atoms with van der Waals surface area (Å²) < 4.78 is 38.0. The van der Waals surface area contributed by atoms with Crippen LogP contribution in [0, 0.1) is 13.8 Å². The van der Waals surface area contributed by atoms with Gasteiger partial charge < -0.3 is 19.7 Å². The summed E-state index contributed by atoms with van der Waals surface area (Å²) in [5, 5.41) is 2.88. The first kappa shape index (κ1) is 27.1. The topological polar surface area (TPSA) is 88.2 Å². The standard InChI is InChI=1S/C26H37N3O5S/c1-18-11-24(33-6)12-19(2)26(18)35(31,32)29(5)9-10-34-17-25(30)27-16-20-7-8-21-14-23(28(3)4)15-22(21)13-20/h7-8,11-13,23H,9-10,14-17H2,1-6H3,(H,27,30). The van der Waals surface area contributed by atoms with Gasteiger partial charge in [0.05, 0.1) is 18.6 Å². The smallest absolute Gasteiger partial charge is 0.246 e. The Bertz CT molecular complexity index is 1140. The van der Waals surface area contributed by atoms with Crippen LogP contribution in [0.4, 0.5) is 0 Å². The van der Waals surface area contributed by atoms with Gasteiger partial charge in [0.1, 0.15) is 12.4 Å². The molecule has 1 aliphatic rings. The molecule has 192 valence electrons. The summed E-state index contributed by atoms with van der Waals surface area (Å²) in [6.07, 6.45) is 2.09. The van der Waals surface area contributed by atoms with Crippen molar-refractivity contribution < 1.29 is 22.7 Å². The van der Waals surface area contributed by atoms with Crippen LogP contribution in [0.5, 0.6) is 5.75 Å². The third-order valence-corrected chi connectivity index (χ3v) is 8.69. The van der Waals surface area contributed by atoms with E-state index in [4.69, 9.17) is 9.47 Å². The molecule has 1 N–H and O–H groups in total. The van der Waals surface area contributed by atoms with Gasteiger partial charge in [-0.05, 0) is 80.7 Å². The number of amides is 1. The van der Waals surface area contributed by atoms with Crippen LogP contribution < -0.4 is 10.1 Å². The minimum absolute atomic E-state index is 0.113. The van der Waals surface area contributed by atoms with Crippen molar-refractivity contribution in [1.29, 1.82) is 0 Å². The van der Waals surface area contributed by atoms with Gasteiger partial charge in [-0.1, -0.05) is 18.2 Å². The van der Waals surface area contributed by atoms with E-state index < -0.39 is 10.0 Å². The maximum atomic E-state index is 13.0. The number of carbonyl (C=O) groups is 1. The van der Waals surface area contributed by atoms with Gasteiger partial charge in [0.15, 0.2) is 0 Å². The van der Waals surface area contributed by atoms with E-state index in [0.717, 1.165) is 18.4 Å². The highest BCUT2D eigenvalue weighted by Crippen LogP contribution is 2.28. The SMILES string of the molecule is COc1cc(C)c(S(=O)(=O)N(C)CCOCC(=O)NCc2ccc3c(c2)CC(N(C)C)C3)c(C)c1. The van der Waals surface area contributed by atoms with Crippen LogP contribution in [0.15, 0.2) is 35.2 Å². The van der Waals surface area contributed by atoms with E-state index in [-0.39, 0.29) is 30.6 Å². The molecule has 35 heavy (non-hydrogen) atoms. The van der Waals surface area contributed by atoms with Crippen LogP contribution in [0.3, 0.4) is 0 Å². The fourth-order valence-electron chi connectivity index (χ4n) is 4.44. The summed E-state index contributed by atoms with van der Waals surface area (Å²) in [4.78, 5) is 14.7. The molecule has 3 rings (SSSR count). The predicted octanol–water partition coefficient (Wildman–Crippen LogP) is 2.29. The second-order valence-corrected chi connectivity index (χ2v) is 11.4. The average molecular weight is 504 g/mol.